The Balaban J connectivity index is 1.62. The van der Waals surface area contributed by atoms with Gasteiger partial charge in [-0.25, -0.2) is 0 Å². The van der Waals surface area contributed by atoms with Crippen molar-refractivity contribution in [3.05, 3.63) is 72.8 Å². The van der Waals surface area contributed by atoms with Gasteiger partial charge in [0.05, 0.1) is 0 Å². The van der Waals surface area contributed by atoms with Crippen LogP contribution in [-0.4, -0.2) is 38.5 Å². The molecule has 6 rings (SSSR count). The second kappa shape index (κ2) is 10.4. The molecule has 198 valence electrons. The van der Waals surface area contributed by atoms with Crippen molar-refractivity contribution in [1.82, 2.24) is 0 Å². The highest BCUT2D eigenvalue weighted by atomic mass is 15.5. The van der Waals surface area contributed by atoms with Crippen molar-refractivity contribution in [2.45, 2.75) is 65.7 Å². The monoisotopic (exact) mass is 506 g/mol. The lowest BCUT2D eigenvalue weighted by Crippen LogP contribution is -2.69. The van der Waals surface area contributed by atoms with Crippen molar-refractivity contribution >= 4 is 44.3 Å². The normalized spacial score (nSPS) is 15.8. The van der Waals surface area contributed by atoms with Crippen molar-refractivity contribution in [2.24, 2.45) is 0 Å². The second-order valence-electron chi connectivity index (χ2n) is 10.9. The fourth-order valence-electron chi connectivity index (χ4n) is 7.09. The van der Waals surface area contributed by atoms with E-state index >= 15 is 0 Å². The van der Waals surface area contributed by atoms with Gasteiger partial charge in [0.15, 0.2) is 0 Å². The molecular formula is C34H42N4. The van der Waals surface area contributed by atoms with Crippen LogP contribution in [0.15, 0.2) is 72.8 Å². The highest BCUT2D eigenvalue weighted by molar-refractivity contribution is 6.08. The van der Waals surface area contributed by atoms with Crippen LogP contribution >= 0.6 is 0 Å². The number of hydrogen-bond acceptors (Lipinski definition) is 4. The minimum Gasteiger partial charge on any atom is -0.347 e. The molecule has 0 N–H and O–H groups in total. The topological polar surface area (TPSA) is 13.0 Å². The minimum atomic E-state index is 0.206. The molecule has 4 aromatic carbocycles. The first kappa shape index (κ1) is 24.9. The standard InChI is InChI=1S/C34H42N4/c1-5-21-35-27-17-9-13-25-14-10-18-28(31(25)27)36(22-6-2)33(35)34-37(23-7-3)29-19-11-15-26-16-12-20-30(32(26)29)38(34)24-8-4/h9-20,33-34H,5-8,21-24H2,1-4H3. The SMILES string of the molecule is CCCN1c2cccc3cccc(c23)N(CCC)C1C1N(CCC)c2cccc3cccc(c23)N1CCC. The van der Waals surface area contributed by atoms with Gasteiger partial charge in [-0.15, -0.1) is 0 Å². The summed E-state index contributed by atoms with van der Waals surface area (Å²) >= 11 is 0. The van der Waals surface area contributed by atoms with Gasteiger partial charge in [-0.2, -0.15) is 0 Å². The van der Waals surface area contributed by atoms with Crippen molar-refractivity contribution in [2.75, 3.05) is 45.8 Å². The van der Waals surface area contributed by atoms with E-state index in [1.54, 1.807) is 0 Å². The van der Waals surface area contributed by atoms with E-state index in [-0.39, 0.29) is 12.3 Å². The smallest absolute Gasteiger partial charge is 0.142 e. The van der Waals surface area contributed by atoms with Gasteiger partial charge in [0.2, 0.25) is 0 Å². The van der Waals surface area contributed by atoms with Crippen LogP contribution in [0.5, 0.6) is 0 Å². The lowest BCUT2D eigenvalue weighted by molar-refractivity contribution is 0.407. The Hall–Kier alpha value is -3.40. The largest absolute Gasteiger partial charge is 0.347 e. The second-order valence-corrected chi connectivity index (χ2v) is 10.9. The molecule has 38 heavy (non-hydrogen) atoms. The van der Waals surface area contributed by atoms with Gasteiger partial charge < -0.3 is 19.6 Å². The van der Waals surface area contributed by atoms with E-state index in [2.05, 4.69) is 120 Å². The number of benzene rings is 4. The quantitative estimate of drug-likeness (QED) is 0.227. The van der Waals surface area contributed by atoms with Crippen molar-refractivity contribution in [3.63, 3.8) is 0 Å². The van der Waals surface area contributed by atoms with Crippen LogP contribution in [0.2, 0.25) is 0 Å². The summed E-state index contributed by atoms with van der Waals surface area (Å²) in [5.41, 5.74) is 5.56. The van der Waals surface area contributed by atoms with Crippen molar-refractivity contribution in [1.29, 1.82) is 0 Å². The fourth-order valence-corrected chi connectivity index (χ4v) is 7.09. The van der Waals surface area contributed by atoms with Crippen molar-refractivity contribution in [3.8, 4) is 0 Å². The minimum absolute atomic E-state index is 0.206. The predicted octanol–water partition coefficient (Wildman–Crippen LogP) is 8.24. The average molecular weight is 507 g/mol. The molecule has 0 fully saturated rings. The van der Waals surface area contributed by atoms with E-state index in [1.807, 2.05) is 0 Å². The molecule has 0 saturated carbocycles. The van der Waals surface area contributed by atoms with Gasteiger partial charge >= 0.3 is 0 Å². The average Bonchev–Trinajstić information content (AvgIpc) is 2.94. The molecule has 0 aromatic heterocycles. The first-order chi connectivity index (χ1) is 18.7. The molecule has 4 heteroatoms. The summed E-state index contributed by atoms with van der Waals surface area (Å²) in [5.74, 6) is 0. The Morgan fingerprint density at radius 3 is 0.921 bits per heavy atom. The molecule has 2 aliphatic heterocycles. The Bertz CT molecular complexity index is 1220. The first-order valence-corrected chi connectivity index (χ1v) is 14.8. The molecule has 0 aliphatic carbocycles. The van der Waals surface area contributed by atoms with Crippen LogP contribution in [0.25, 0.3) is 21.5 Å². The number of rotatable bonds is 9. The van der Waals surface area contributed by atoms with Gasteiger partial charge in [-0.3, -0.25) is 0 Å². The van der Waals surface area contributed by atoms with Crippen LogP contribution in [0.4, 0.5) is 22.7 Å². The molecule has 4 aromatic rings. The molecule has 2 heterocycles. The lowest BCUT2D eigenvalue weighted by Gasteiger charge is -2.57. The van der Waals surface area contributed by atoms with Crippen molar-refractivity contribution < 1.29 is 0 Å². The van der Waals surface area contributed by atoms with Gasteiger partial charge in [0.25, 0.3) is 0 Å². The summed E-state index contributed by atoms with van der Waals surface area (Å²) in [6.45, 7) is 13.5. The number of hydrogen-bond donors (Lipinski definition) is 0. The van der Waals surface area contributed by atoms with Crippen LogP contribution in [0.3, 0.4) is 0 Å². The number of anilines is 4. The third-order valence-corrected chi connectivity index (χ3v) is 8.36. The van der Waals surface area contributed by atoms with Gasteiger partial charge in [-0.05, 0) is 60.7 Å². The Labute approximate surface area is 228 Å². The van der Waals surface area contributed by atoms with E-state index in [4.69, 9.17) is 0 Å². The molecule has 0 radical (unpaired) electrons. The van der Waals surface area contributed by atoms with Crippen LogP contribution in [-0.2, 0) is 0 Å². The molecule has 0 atom stereocenters. The summed E-state index contributed by atoms with van der Waals surface area (Å²) in [7, 11) is 0. The van der Waals surface area contributed by atoms with Gasteiger partial charge in [-0.1, -0.05) is 76.2 Å². The zero-order chi connectivity index (χ0) is 26.2. The molecule has 0 saturated heterocycles. The summed E-state index contributed by atoms with van der Waals surface area (Å²) in [5, 5.41) is 5.51. The molecular weight excluding hydrogens is 464 g/mol. The molecule has 0 unspecified atom stereocenters. The van der Waals surface area contributed by atoms with Gasteiger partial charge in [0.1, 0.15) is 12.3 Å². The summed E-state index contributed by atoms with van der Waals surface area (Å²) in [6, 6.07) is 27.6. The maximum absolute atomic E-state index is 2.75. The highest BCUT2D eigenvalue weighted by Crippen LogP contribution is 2.48. The third kappa shape index (κ3) is 3.80. The molecule has 0 spiro atoms. The van der Waals surface area contributed by atoms with Crippen LogP contribution < -0.4 is 19.6 Å². The van der Waals surface area contributed by atoms with Crippen LogP contribution in [0, 0.1) is 0 Å². The summed E-state index contributed by atoms with van der Waals surface area (Å²) in [6.07, 6.45) is 4.89. The van der Waals surface area contributed by atoms with E-state index < -0.39 is 0 Å². The summed E-state index contributed by atoms with van der Waals surface area (Å²) in [4.78, 5) is 11.0. The van der Waals surface area contributed by atoms with E-state index in [9.17, 15) is 0 Å². The highest BCUT2D eigenvalue weighted by Gasteiger charge is 2.45. The van der Waals surface area contributed by atoms with E-state index in [0.717, 1.165) is 51.9 Å². The van der Waals surface area contributed by atoms with Crippen LogP contribution in [0.1, 0.15) is 53.4 Å². The zero-order valence-electron chi connectivity index (χ0n) is 23.5. The Morgan fingerprint density at radius 2 is 0.684 bits per heavy atom. The molecule has 2 aliphatic rings. The third-order valence-electron chi connectivity index (χ3n) is 8.36. The lowest BCUT2D eigenvalue weighted by atomic mass is 9.95. The Morgan fingerprint density at radius 1 is 0.421 bits per heavy atom. The molecule has 0 bridgehead atoms. The maximum Gasteiger partial charge on any atom is 0.142 e. The van der Waals surface area contributed by atoms with E-state index in [1.165, 1.54) is 44.3 Å². The fraction of sp³-hybridized carbons (Fsp3) is 0.412. The van der Waals surface area contributed by atoms with Gasteiger partial charge in [0, 0.05) is 59.7 Å². The Kier molecular flexibility index (Phi) is 6.82. The molecule has 0 amide bonds. The maximum atomic E-state index is 2.75. The predicted molar refractivity (Wildman–Crippen MR) is 166 cm³/mol. The molecule has 4 nitrogen and oxygen atoms in total. The zero-order valence-corrected chi connectivity index (χ0v) is 23.5. The number of nitrogens with zero attached hydrogens (tertiary/aromatic N) is 4. The first-order valence-electron chi connectivity index (χ1n) is 14.8. The van der Waals surface area contributed by atoms with E-state index in [0.29, 0.717) is 0 Å². The summed E-state index contributed by atoms with van der Waals surface area (Å²) < 4.78 is 0.